The molecule has 5 rings (SSSR count). The third-order valence-corrected chi connectivity index (χ3v) is 7.75. The highest BCUT2D eigenvalue weighted by atomic mass is 19.2. The summed E-state index contributed by atoms with van der Waals surface area (Å²) < 4.78 is 35.9. The number of carbonyl (C=O) groups is 4. The lowest BCUT2D eigenvalue weighted by molar-refractivity contribution is -0.132. The Kier molecular flexibility index (Phi) is 7.01. The van der Waals surface area contributed by atoms with E-state index in [1.165, 1.54) is 17.0 Å². The summed E-state index contributed by atoms with van der Waals surface area (Å²) in [7, 11) is 0. The van der Waals surface area contributed by atoms with Gasteiger partial charge in [0.1, 0.15) is 17.7 Å². The van der Waals surface area contributed by atoms with Crippen molar-refractivity contribution in [2.45, 2.75) is 76.6 Å². The lowest BCUT2D eigenvalue weighted by Gasteiger charge is -2.36. The topological polar surface area (TPSA) is 131 Å². The van der Waals surface area contributed by atoms with E-state index < -0.39 is 47.2 Å². The third-order valence-electron chi connectivity index (χ3n) is 7.75. The highest BCUT2D eigenvalue weighted by Crippen LogP contribution is 2.43. The molecule has 11 heteroatoms. The molecule has 212 valence electrons. The maximum absolute atomic E-state index is 15.2. The van der Waals surface area contributed by atoms with Crippen LogP contribution in [0.3, 0.4) is 0 Å². The zero-order valence-electron chi connectivity index (χ0n) is 22.6. The van der Waals surface area contributed by atoms with Crippen LogP contribution in [-0.2, 0) is 32.0 Å². The van der Waals surface area contributed by atoms with E-state index in [1.54, 1.807) is 39.0 Å². The van der Waals surface area contributed by atoms with Crippen molar-refractivity contribution in [2.24, 2.45) is 11.7 Å². The Bertz CT molecular complexity index is 1410. The molecule has 2 aromatic rings. The van der Waals surface area contributed by atoms with Gasteiger partial charge in [0.15, 0.2) is 11.6 Å². The summed E-state index contributed by atoms with van der Waals surface area (Å²) in [6.45, 7) is 5.20. The standard InChI is InChI=1S/C29H32F2N4O5/c1-29(2,3)40-28(39)35-18-8-6-17(10-18)25(35)27(38)34-21(26(32)37)12-16-7-9-19(24(31)23(16)30)14-4-5-15-13-22(36)33-20(15)11-14/h4-5,7,9,11,17-18,21,25H,6,8,10,12-13H2,1-3H3,(H2,32,37)(H,33,36)(H,34,38)/t17-,18+,21-,25-/m0/s1. The number of ether oxygens (including phenoxy) is 1. The van der Waals surface area contributed by atoms with E-state index in [0.29, 0.717) is 17.7 Å². The molecule has 1 saturated heterocycles. The second-order valence-electron chi connectivity index (χ2n) is 11.7. The summed E-state index contributed by atoms with van der Waals surface area (Å²) >= 11 is 0. The molecule has 0 unspecified atom stereocenters. The van der Waals surface area contributed by atoms with Gasteiger partial charge in [-0.3, -0.25) is 19.3 Å². The van der Waals surface area contributed by atoms with Gasteiger partial charge in [-0.2, -0.15) is 0 Å². The number of anilines is 1. The van der Waals surface area contributed by atoms with Crippen LogP contribution in [0.2, 0.25) is 0 Å². The van der Waals surface area contributed by atoms with Crippen LogP contribution in [0.25, 0.3) is 11.1 Å². The Labute approximate surface area is 230 Å². The summed E-state index contributed by atoms with van der Waals surface area (Å²) in [4.78, 5) is 51.6. The fraction of sp³-hybridized carbons (Fsp3) is 0.448. The van der Waals surface area contributed by atoms with E-state index in [2.05, 4.69) is 10.6 Å². The fourth-order valence-corrected chi connectivity index (χ4v) is 5.95. The van der Waals surface area contributed by atoms with Crippen LogP contribution in [0.1, 0.15) is 51.2 Å². The smallest absolute Gasteiger partial charge is 0.411 e. The quantitative estimate of drug-likeness (QED) is 0.504. The highest BCUT2D eigenvalue weighted by Gasteiger charge is 2.52. The van der Waals surface area contributed by atoms with Crippen molar-refractivity contribution in [3.63, 3.8) is 0 Å². The predicted molar refractivity (Wildman–Crippen MR) is 142 cm³/mol. The van der Waals surface area contributed by atoms with Gasteiger partial charge < -0.3 is 21.1 Å². The molecule has 0 aromatic heterocycles. The second-order valence-corrected chi connectivity index (χ2v) is 11.7. The second kappa shape index (κ2) is 10.2. The number of nitrogens with two attached hydrogens (primary N) is 1. The summed E-state index contributed by atoms with van der Waals surface area (Å²) in [5.41, 5.74) is 6.33. The summed E-state index contributed by atoms with van der Waals surface area (Å²) in [5, 5.41) is 5.26. The molecule has 2 bridgehead atoms. The number of primary amides is 1. The largest absolute Gasteiger partial charge is 0.444 e. The first-order valence-electron chi connectivity index (χ1n) is 13.3. The van der Waals surface area contributed by atoms with Crippen molar-refractivity contribution in [3.05, 3.63) is 53.1 Å². The Morgan fingerprint density at radius 1 is 1.15 bits per heavy atom. The normalized spacial score (nSPS) is 22.1. The average Bonchev–Trinajstić information content (AvgIpc) is 3.58. The minimum absolute atomic E-state index is 0.0140. The maximum Gasteiger partial charge on any atom is 0.411 e. The molecule has 4 N–H and O–H groups in total. The van der Waals surface area contributed by atoms with Gasteiger partial charge in [-0.15, -0.1) is 0 Å². The monoisotopic (exact) mass is 554 g/mol. The number of carbonyl (C=O) groups excluding carboxylic acids is 4. The van der Waals surface area contributed by atoms with Gasteiger partial charge >= 0.3 is 6.09 Å². The summed E-state index contributed by atoms with van der Waals surface area (Å²) in [5.74, 6) is -4.07. The van der Waals surface area contributed by atoms with Crippen LogP contribution >= 0.6 is 0 Å². The summed E-state index contributed by atoms with van der Waals surface area (Å²) in [6, 6.07) is 5.27. The van der Waals surface area contributed by atoms with Crippen LogP contribution < -0.4 is 16.4 Å². The molecule has 2 aromatic carbocycles. The SMILES string of the molecule is CC(C)(C)OC(=O)N1[C@@H]2CC[C@@H](C2)[C@H]1C(=O)N[C@@H](Cc1ccc(-c2ccc3c(c2)NC(=O)C3)c(F)c1F)C(N)=O. The molecule has 0 radical (unpaired) electrons. The first kappa shape index (κ1) is 27.5. The zero-order valence-corrected chi connectivity index (χ0v) is 22.6. The Hall–Kier alpha value is -4.02. The Morgan fingerprint density at radius 2 is 1.90 bits per heavy atom. The van der Waals surface area contributed by atoms with Crippen LogP contribution in [-0.4, -0.2) is 52.4 Å². The molecule has 3 aliphatic rings. The number of piperidine rings is 1. The number of nitrogens with one attached hydrogen (secondary N) is 2. The number of amides is 4. The minimum Gasteiger partial charge on any atom is -0.444 e. The fourth-order valence-electron chi connectivity index (χ4n) is 5.95. The summed E-state index contributed by atoms with van der Waals surface area (Å²) in [6.07, 6.45) is 1.38. The number of halogens is 2. The minimum atomic E-state index is -1.33. The molecule has 2 aliphatic heterocycles. The molecule has 9 nitrogen and oxygen atoms in total. The molecule has 2 heterocycles. The third kappa shape index (κ3) is 5.24. The predicted octanol–water partition coefficient (Wildman–Crippen LogP) is 3.43. The van der Waals surface area contributed by atoms with Gasteiger partial charge in [0.05, 0.1) is 6.42 Å². The van der Waals surface area contributed by atoms with Crippen LogP contribution in [0.4, 0.5) is 19.3 Å². The molecule has 4 amide bonds. The molecule has 2 fully saturated rings. The van der Waals surface area contributed by atoms with Crippen LogP contribution in [0.15, 0.2) is 30.3 Å². The van der Waals surface area contributed by atoms with Crippen LogP contribution in [0, 0.1) is 17.6 Å². The van der Waals surface area contributed by atoms with Gasteiger partial charge in [-0.05, 0) is 68.7 Å². The van der Waals surface area contributed by atoms with Crippen molar-refractivity contribution >= 4 is 29.5 Å². The number of fused-ring (bicyclic) bond motifs is 3. The average molecular weight is 555 g/mol. The Morgan fingerprint density at radius 3 is 2.60 bits per heavy atom. The van der Waals surface area contributed by atoms with E-state index in [-0.39, 0.29) is 41.8 Å². The maximum atomic E-state index is 15.2. The molecule has 1 saturated carbocycles. The van der Waals surface area contributed by atoms with Gasteiger partial charge in [-0.25, -0.2) is 13.6 Å². The van der Waals surface area contributed by atoms with Crippen molar-refractivity contribution in [1.82, 2.24) is 10.2 Å². The number of benzene rings is 2. The van der Waals surface area contributed by atoms with E-state index in [0.717, 1.165) is 18.4 Å². The number of hydrogen-bond donors (Lipinski definition) is 3. The van der Waals surface area contributed by atoms with Gasteiger partial charge in [0.25, 0.3) is 0 Å². The molecule has 1 aliphatic carbocycles. The molecular formula is C29H32F2N4O5. The lowest BCUT2D eigenvalue weighted by Crippen LogP contribution is -2.57. The first-order chi connectivity index (χ1) is 18.8. The van der Waals surface area contributed by atoms with Gasteiger partial charge in [0.2, 0.25) is 17.7 Å². The molecule has 40 heavy (non-hydrogen) atoms. The van der Waals surface area contributed by atoms with E-state index >= 15 is 8.78 Å². The van der Waals surface area contributed by atoms with Crippen molar-refractivity contribution < 1.29 is 32.7 Å². The van der Waals surface area contributed by atoms with Crippen molar-refractivity contribution in [3.8, 4) is 11.1 Å². The molecule has 4 atom stereocenters. The first-order valence-corrected chi connectivity index (χ1v) is 13.3. The van der Waals surface area contributed by atoms with E-state index in [1.807, 2.05) is 0 Å². The van der Waals surface area contributed by atoms with E-state index in [4.69, 9.17) is 10.5 Å². The number of rotatable bonds is 6. The Balaban J connectivity index is 1.33. The number of hydrogen-bond acceptors (Lipinski definition) is 5. The van der Waals surface area contributed by atoms with Gasteiger partial charge in [-0.1, -0.05) is 24.3 Å². The molecule has 0 spiro atoms. The number of likely N-dealkylation sites (tertiary alicyclic amines) is 1. The van der Waals surface area contributed by atoms with Crippen LogP contribution in [0.5, 0.6) is 0 Å². The number of nitrogens with zero attached hydrogens (tertiary/aromatic N) is 1. The van der Waals surface area contributed by atoms with E-state index in [9.17, 15) is 19.2 Å². The zero-order chi connectivity index (χ0) is 28.9. The van der Waals surface area contributed by atoms with Crippen molar-refractivity contribution in [1.29, 1.82) is 0 Å². The van der Waals surface area contributed by atoms with Crippen molar-refractivity contribution in [2.75, 3.05) is 5.32 Å². The van der Waals surface area contributed by atoms with Gasteiger partial charge in [0, 0.05) is 23.7 Å². The highest BCUT2D eigenvalue weighted by molar-refractivity contribution is 6.00. The molecular weight excluding hydrogens is 522 g/mol. The lowest BCUT2D eigenvalue weighted by atomic mass is 9.96.